The molecular weight excluding hydrogens is 489 g/mol. The Labute approximate surface area is 194 Å². The SMILES string of the molecule is COc1ccc(C(O)CC(Nc2ccc(Br)cc2)c2ccc(Cl)c(Cl)c2)cc1OC. The highest BCUT2D eigenvalue weighted by atomic mass is 79.9. The molecule has 0 aliphatic rings. The number of aliphatic hydroxyl groups is 1. The van der Waals surface area contributed by atoms with Crippen molar-refractivity contribution in [3.8, 4) is 11.5 Å². The molecule has 0 bridgehead atoms. The molecular formula is C23H22BrCl2NO3. The predicted molar refractivity (Wildman–Crippen MR) is 126 cm³/mol. The van der Waals surface area contributed by atoms with Gasteiger partial charge in [0, 0.05) is 16.6 Å². The van der Waals surface area contributed by atoms with Gasteiger partial charge in [-0.25, -0.2) is 0 Å². The van der Waals surface area contributed by atoms with Gasteiger partial charge in [0.05, 0.1) is 36.4 Å². The van der Waals surface area contributed by atoms with Gasteiger partial charge < -0.3 is 19.9 Å². The summed E-state index contributed by atoms with van der Waals surface area (Å²) in [6.07, 6.45) is -0.337. The summed E-state index contributed by atoms with van der Waals surface area (Å²) in [7, 11) is 3.15. The van der Waals surface area contributed by atoms with Crippen LogP contribution >= 0.6 is 39.1 Å². The quantitative estimate of drug-likeness (QED) is 0.341. The Balaban J connectivity index is 1.89. The van der Waals surface area contributed by atoms with E-state index in [0.29, 0.717) is 28.0 Å². The van der Waals surface area contributed by atoms with Crippen molar-refractivity contribution in [3.63, 3.8) is 0 Å². The zero-order chi connectivity index (χ0) is 21.7. The number of aliphatic hydroxyl groups excluding tert-OH is 1. The molecule has 0 saturated carbocycles. The van der Waals surface area contributed by atoms with Crippen LogP contribution in [0.3, 0.4) is 0 Å². The summed E-state index contributed by atoms with van der Waals surface area (Å²) < 4.78 is 11.6. The first-order valence-electron chi connectivity index (χ1n) is 9.28. The van der Waals surface area contributed by atoms with Crippen molar-refractivity contribution in [1.82, 2.24) is 0 Å². The van der Waals surface area contributed by atoms with Crippen molar-refractivity contribution in [3.05, 3.63) is 86.3 Å². The van der Waals surface area contributed by atoms with Crippen LogP contribution in [0.5, 0.6) is 11.5 Å². The van der Waals surface area contributed by atoms with E-state index in [1.165, 1.54) is 0 Å². The molecule has 158 valence electrons. The van der Waals surface area contributed by atoms with Crippen molar-refractivity contribution in [2.75, 3.05) is 19.5 Å². The van der Waals surface area contributed by atoms with E-state index in [2.05, 4.69) is 21.2 Å². The van der Waals surface area contributed by atoms with Crippen molar-refractivity contribution >= 4 is 44.8 Å². The Kier molecular flexibility index (Phi) is 7.89. The van der Waals surface area contributed by atoms with Gasteiger partial charge in [-0.3, -0.25) is 0 Å². The Morgan fingerprint density at radius 1 is 0.867 bits per heavy atom. The first kappa shape index (κ1) is 22.8. The third-order valence-electron chi connectivity index (χ3n) is 4.78. The fourth-order valence-electron chi connectivity index (χ4n) is 3.17. The van der Waals surface area contributed by atoms with Crippen molar-refractivity contribution in [1.29, 1.82) is 0 Å². The molecule has 30 heavy (non-hydrogen) atoms. The van der Waals surface area contributed by atoms with Crippen molar-refractivity contribution in [2.24, 2.45) is 0 Å². The molecule has 3 rings (SSSR count). The largest absolute Gasteiger partial charge is 0.493 e. The van der Waals surface area contributed by atoms with Gasteiger partial charge in [-0.2, -0.15) is 0 Å². The first-order valence-corrected chi connectivity index (χ1v) is 10.8. The summed E-state index contributed by atoms with van der Waals surface area (Å²) in [5.74, 6) is 1.18. The van der Waals surface area contributed by atoms with Crippen LogP contribution in [0.4, 0.5) is 5.69 Å². The normalized spacial score (nSPS) is 12.9. The van der Waals surface area contributed by atoms with Gasteiger partial charge in [0.1, 0.15) is 0 Å². The molecule has 0 spiro atoms. The van der Waals surface area contributed by atoms with Gasteiger partial charge in [0.25, 0.3) is 0 Å². The molecule has 0 aliphatic heterocycles. The van der Waals surface area contributed by atoms with Gasteiger partial charge in [-0.1, -0.05) is 51.3 Å². The van der Waals surface area contributed by atoms with E-state index in [1.54, 1.807) is 32.4 Å². The zero-order valence-corrected chi connectivity index (χ0v) is 19.6. The molecule has 0 radical (unpaired) electrons. The standard InChI is InChI=1S/C23H22BrCl2NO3/c1-29-22-10-4-15(12-23(22)30-2)21(28)13-20(14-3-9-18(25)19(26)11-14)27-17-7-5-16(24)6-8-17/h3-12,20-21,27-28H,13H2,1-2H3. The van der Waals surface area contributed by atoms with Gasteiger partial charge in [-0.15, -0.1) is 0 Å². The highest BCUT2D eigenvalue weighted by Crippen LogP contribution is 2.36. The number of hydrogen-bond donors (Lipinski definition) is 2. The highest BCUT2D eigenvalue weighted by molar-refractivity contribution is 9.10. The van der Waals surface area contributed by atoms with E-state index in [0.717, 1.165) is 21.3 Å². The Bertz CT molecular complexity index is 998. The minimum absolute atomic E-state index is 0.205. The second-order valence-electron chi connectivity index (χ2n) is 6.74. The second kappa shape index (κ2) is 10.4. The van der Waals surface area contributed by atoms with Crippen LogP contribution in [0.1, 0.15) is 29.7 Å². The lowest BCUT2D eigenvalue weighted by Crippen LogP contribution is -2.15. The van der Waals surface area contributed by atoms with E-state index in [4.69, 9.17) is 32.7 Å². The number of nitrogens with one attached hydrogen (secondary N) is 1. The summed E-state index contributed by atoms with van der Waals surface area (Å²) in [4.78, 5) is 0. The molecule has 0 saturated heterocycles. The van der Waals surface area contributed by atoms with E-state index < -0.39 is 6.10 Å². The summed E-state index contributed by atoms with van der Waals surface area (Å²) in [6, 6.07) is 18.5. The lowest BCUT2D eigenvalue weighted by molar-refractivity contribution is 0.160. The Morgan fingerprint density at radius 3 is 2.17 bits per heavy atom. The van der Waals surface area contributed by atoms with Crippen LogP contribution in [-0.4, -0.2) is 19.3 Å². The second-order valence-corrected chi connectivity index (χ2v) is 8.47. The predicted octanol–water partition coefficient (Wildman–Crippen LogP) is 7.05. The minimum Gasteiger partial charge on any atom is -0.493 e. The van der Waals surface area contributed by atoms with Crippen LogP contribution in [0.15, 0.2) is 65.1 Å². The van der Waals surface area contributed by atoms with Crippen LogP contribution in [0, 0.1) is 0 Å². The van der Waals surface area contributed by atoms with Crippen LogP contribution < -0.4 is 14.8 Å². The summed E-state index contributed by atoms with van der Waals surface area (Å²) in [5.41, 5.74) is 2.58. The van der Waals surface area contributed by atoms with Crippen molar-refractivity contribution in [2.45, 2.75) is 18.6 Å². The molecule has 2 N–H and O–H groups in total. The van der Waals surface area contributed by atoms with Gasteiger partial charge in [-0.05, 0) is 59.7 Å². The number of hydrogen-bond acceptors (Lipinski definition) is 4. The number of rotatable bonds is 8. The molecule has 4 nitrogen and oxygen atoms in total. The zero-order valence-electron chi connectivity index (χ0n) is 16.5. The van der Waals surface area contributed by atoms with E-state index in [-0.39, 0.29) is 6.04 Å². The minimum atomic E-state index is -0.743. The molecule has 0 heterocycles. The van der Waals surface area contributed by atoms with E-state index in [1.807, 2.05) is 42.5 Å². The molecule has 0 aliphatic carbocycles. The number of ether oxygens (including phenoxy) is 2. The molecule has 2 unspecified atom stereocenters. The smallest absolute Gasteiger partial charge is 0.161 e. The van der Waals surface area contributed by atoms with E-state index >= 15 is 0 Å². The Morgan fingerprint density at radius 2 is 1.53 bits per heavy atom. The maximum Gasteiger partial charge on any atom is 0.161 e. The Hall–Kier alpha value is -1.92. The lowest BCUT2D eigenvalue weighted by Gasteiger charge is -2.24. The third-order valence-corrected chi connectivity index (χ3v) is 6.05. The average molecular weight is 511 g/mol. The lowest BCUT2D eigenvalue weighted by atomic mass is 9.96. The van der Waals surface area contributed by atoms with Crippen LogP contribution in [-0.2, 0) is 0 Å². The first-order chi connectivity index (χ1) is 14.4. The van der Waals surface area contributed by atoms with Crippen LogP contribution in [0.25, 0.3) is 0 Å². The summed E-state index contributed by atoms with van der Waals surface area (Å²) in [6.45, 7) is 0. The molecule has 0 aromatic heterocycles. The third kappa shape index (κ3) is 5.61. The summed E-state index contributed by atoms with van der Waals surface area (Å²) in [5, 5.41) is 15.4. The average Bonchev–Trinajstić information content (AvgIpc) is 2.76. The maximum absolute atomic E-state index is 11.0. The number of methoxy groups -OCH3 is 2. The molecule has 3 aromatic carbocycles. The molecule has 7 heteroatoms. The maximum atomic E-state index is 11.0. The molecule has 0 fully saturated rings. The van der Waals surface area contributed by atoms with Gasteiger partial charge >= 0.3 is 0 Å². The van der Waals surface area contributed by atoms with Crippen molar-refractivity contribution < 1.29 is 14.6 Å². The molecule has 3 aromatic rings. The fourth-order valence-corrected chi connectivity index (χ4v) is 3.75. The monoisotopic (exact) mass is 509 g/mol. The van der Waals surface area contributed by atoms with E-state index in [9.17, 15) is 5.11 Å². The molecule has 2 atom stereocenters. The van der Waals surface area contributed by atoms with Crippen LogP contribution in [0.2, 0.25) is 10.0 Å². The number of benzene rings is 3. The van der Waals surface area contributed by atoms with Gasteiger partial charge in [0.2, 0.25) is 0 Å². The molecule has 0 amide bonds. The topological polar surface area (TPSA) is 50.7 Å². The summed E-state index contributed by atoms with van der Waals surface area (Å²) >= 11 is 15.8. The number of halogens is 3. The number of anilines is 1. The highest BCUT2D eigenvalue weighted by Gasteiger charge is 2.20. The fraction of sp³-hybridized carbons (Fsp3) is 0.217. The van der Waals surface area contributed by atoms with Gasteiger partial charge in [0.15, 0.2) is 11.5 Å².